The Hall–Kier alpha value is -2.08. The summed E-state index contributed by atoms with van der Waals surface area (Å²) in [7, 11) is 0. The van der Waals surface area contributed by atoms with Crippen molar-refractivity contribution in [1.29, 1.82) is 0 Å². The number of carbonyl (C=O) groups excluding carboxylic acids is 3. The van der Waals surface area contributed by atoms with Gasteiger partial charge >= 0.3 is 0 Å². The standard InChI is InChI=1S/C19H26ClN3O3/c1-19(2,3)18(26)21-8-7-16(24)22-9-11-23(12-10-22)17(25)14-5-4-6-15(20)13-14/h4-6,13H,7-12H2,1-3H3,(H,21,26). The number of benzene rings is 1. The number of rotatable bonds is 4. The number of halogens is 1. The Labute approximate surface area is 159 Å². The molecule has 1 aromatic rings. The third-order valence-electron chi connectivity index (χ3n) is 4.30. The molecule has 0 aromatic heterocycles. The Bertz CT molecular complexity index is 677. The van der Waals surface area contributed by atoms with E-state index < -0.39 is 5.41 Å². The van der Waals surface area contributed by atoms with Crippen LogP contribution in [0.4, 0.5) is 0 Å². The lowest BCUT2D eigenvalue weighted by molar-refractivity contribution is -0.133. The minimum atomic E-state index is -0.463. The first-order valence-corrected chi connectivity index (χ1v) is 9.17. The lowest BCUT2D eigenvalue weighted by atomic mass is 9.96. The summed E-state index contributed by atoms with van der Waals surface area (Å²) < 4.78 is 0. The first-order chi connectivity index (χ1) is 12.2. The van der Waals surface area contributed by atoms with E-state index in [0.29, 0.717) is 43.3 Å². The van der Waals surface area contributed by atoms with E-state index >= 15 is 0 Å². The van der Waals surface area contributed by atoms with Crippen LogP contribution in [-0.2, 0) is 9.59 Å². The molecular formula is C19H26ClN3O3. The molecule has 0 spiro atoms. The smallest absolute Gasteiger partial charge is 0.254 e. The Morgan fingerprint density at radius 2 is 1.69 bits per heavy atom. The van der Waals surface area contributed by atoms with Gasteiger partial charge < -0.3 is 15.1 Å². The summed E-state index contributed by atoms with van der Waals surface area (Å²) in [5.74, 6) is -0.145. The third kappa shape index (κ3) is 5.46. The number of nitrogens with one attached hydrogen (secondary N) is 1. The number of amides is 3. The Morgan fingerprint density at radius 3 is 2.27 bits per heavy atom. The molecule has 26 heavy (non-hydrogen) atoms. The van der Waals surface area contributed by atoms with Crippen LogP contribution < -0.4 is 5.32 Å². The van der Waals surface area contributed by atoms with Crippen LogP contribution in [0.3, 0.4) is 0 Å². The highest BCUT2D eigenvalue weighted by atomic mass is 35.5. The molecule has 0 saturated carbocycles. The van der Waals surface area contributed by atoms with E-state index in [9.17, 15) is 14.4 Å². The SMILES string of the molecule is CC(C)(C)C(=O)NCCC(=O)N1CCN(C(=O)c2cccc(Cl)c2)CC1. The molecule has 1 fully saturated rings. The molecule has 142 valence electrons. The fraction of sp³-hybridized carbons (Fsp3) is 0.526. The van der Waals surface area contributed by atoms with E-state index in [0.717, 1.165) is 0 Å². The zero-order chi connectivity index (χ0) is 19.3. The van der Waals surface area contributed by atoms with Gasteiger partial charge in [0.1, 0.15) is 0 Å². The van der Waals surface area contributed by atoms with E-state index in [2.05, 4.69) is 5.32 Å². The predicted molar refractivity (Wildman–Crippen MR) is 101 cm³/mol. The first-order valence-electron chi connectivity index (χ1n) is 8.79. The summed E-state index contributed by atoms with van der Waals surface area (Å²) in [6, 6.07) is 6.87. The minimum Gasteiger partial charge on any atom is -0.355 e. The first kappa shape index (κ1) is 20.2. The maximum absolute atomic E-state index is 12.5. The minimum absolute atomic E-state index is 0.00550. The Morgan fingerprint density at radius 1 is 1.08 bits per heavy atom. The summed E-state index contributed by atoms with van der Waals surface area (Å²) in [6.07, 6.45) is 0.268. The van der Waals surface area contributed by atoms with Crippen molar-refractivity contribution >= 4 is 29.3 Å². The molecule has 1 heterocycles. The molecule has 1 N–H and O–H groups in total. The topological polar surface area (TPSA) is 69.7 Å². The van der Waals surface area contributed by atoms with E-state index in [4.69, 9.17) is 11.6 Å². The number of hydrogen-bond donors (Lipinski definition) is 1. The number of piperazine rings is 1. The van der Waals surface area contributed by atoms with Crippen LogP contribution in [0.15, 0.2) is 24.3 Å². The second kappa shape index (κ2) is 8.54. The average molecular weight is 380 g/mol. The molecule has 0 radical (unpaired) electrons. The van der Waals surface area contributed by atoms with Crippen LogP contribution in [0.1, 0.15) is 37.6 Å². The van der Waals surface area contributed by atoms with Gasteiger partial charge in [-0.25, -0.2) is 0 Å². The van der Waals surface area contributed by atoms with Gasteiger partial charge in [-0.15, -0.1) is 0 Å². The maximum atomic E-state index is 12.5. The summed E-state index contributed by atoms with van der Waals surface area (Å²) in [6.45, 7) is 7.81. The largest absolute Gasteiger partial charge is 0.355 e. The van der Waals surface area contributed by atoms with Gasteiger partial charge in [0.05, 0.1) is 0 Å². The molecule has 1 aliphatic rings. The van der Waals surface area contributed by atoms with Gasteiger partial charge in [-0.05, 0) is 18.2 Å². The second-order valence-electron chi connectivity index (χ2n) is 7.44. The Kier molecular flexibility index (Phi) is 6.64. The van der Waals surface area contributed by atoms with E-state index in [1.54, 1.807) is 34.1 Å². The molecular weight excluding hydrogens is 354 g/mol. The van der Waals surface area contributed by atoms with E-state index in [-0.39, 0.29) is 24.1 Å². The Balaban J connectivity index is 1.78. The normalized spacial score (nSPS) is 14.9. The van der Waals surface area contributed by atoms with Crippen molar-refractivity contribution in [2.24, 2.45) is 5.41 Å². The van der Waals surface area contributed by atoms with E-state index in [1.165, 1.54) is 0 Å². The van der Waals surface area contributed by atoms with Gasteiger partial charge in [-0.2, -0.15) is 0 Å². The number of carbonyl (C=O) groups is 3. The molecule has 0 bridgehead atoms. The molecule has 1 aliphatic heterocycles. The second-order valence-corrected chi connectivity index (χ2v) is 7.88. The summed E-state index contributed by atoms with van der Waals surface area (Å²) >= 11 is 5.94. The average Bonchev–Trinajstić information content (AvgIpc) is 2.60. The van der Waals surface area contributed by atoms with Crippen molar-refractivity contribution in [3.05, 3.63) is 34.9 Å². The van der Waals surface area contributed by atoms with Crippen LogP contribution in [0.5, 0.6) is 0 Å². The van der Waals surface area contributed by atoms with Crippen LogP contribution in [0, 0.1) is 5.41 Å². The fourth-order valence-electron chi connectivity index (χ4n) is 2.67. The number of hydrogen-bond acceptors (Lipinski definition) is 3. The predicted octanol–water partition coefficient (Wildman–Crippen LogP) is 2.18. The van der Waals surface area contributed by atoms with Crippen LogP contribution >= 0.6 is 11.6 Å². The van der Waals surface area contributed by atoms with Gasteiger partial charge in [0.15, 0.2) is 0 Å². The van der Waals surface area contributed by atoms with Gasteiger partial charge in [0, 0.05) is 55.1 Å². The molecule has 0 atom stereocenters. The zero-order valence-corrected chi connectivity index (χ0v) is 16.3. The highest BCUT2D eigenvalue weighted by molar-refractivity contribution is 6.30. The maximum Gasteiger partial charge on any atom is 0.254 e. The van der Waals surface area contributed by atoms with Gasteiger partial charge in [0.25, 0.3) is 5.91 Å². The lowest BCUT2D eigenvalue weighted by Gasteiger charge is -2.35. The fourth-order valence-corrected chi connectivity index (χ4v) is 2.86. The molecule has 0 aliphatic carbocycles. The van der Waals surface area contributed by atoms with Gasteiger partial charge in [-0.3, -0.25) is 14.4 Å². The number of nitrogens with zero attached hydrogens (tertiary/aromatic N) is 2. The molecule has 6 nitrogen and oxygen atoms in total. The quantitative estimate of drug-likeness (QED) is 0.871. The van der Waals surface area contributed by atoms with Crippen molar-refractivity contribution in [3.63, 3.8) is 0 Å². The summed E-state index contributed by atoms with van der Waals surface area (Å²) in [5.41, 5.74) is 0.0946. The highest BCUT2D eigenvalue weighted by Gasteiger charge is 2.25. The van der Waals surface area contributed by atoms with Crippen LogP contribution in [-0.4, -0.2) is 60.2 Å². The summed E-state index contributed by atoms with van der Waals surface area (Å²) in [5, 5.41) is 3.31. The van der Waals surface area contributed by atoms with Crippen molar-refractivity contribution in [3.8, 4) is 0 Å². The lowest BCUT2D eigenvalue weighted by Crippen LogP contribution is -2.51. The van der Waals surface area contributed by atoms with Gasteiger partial charge in [0.2, 0.25) is 11.8 Å². The highest BCUT2D eigenvalue weighted by Crippen LogP contribution is 2.15. The van der Waals surface area contributed by atoms with Crippen LogP contribution in [0.25, 0.3) is 0 Å². The van der Waals surface area contributed by atoms with Crippen molar-refractivity contribution < 1.29 is 14.4 Å². The van der Waals surface area contributed by atoms with Crippen LogP contribution in [0.2, 0.25) is 5.02 Å². The molecule has 1 aromatic carbocycles. The molecule has 3 amide bonds. The molecule has 7 heteroatoms. The molecule has 0 unspecified atom stereocenters. The summed E-state index contributed by atoms with van der Waals surface area (Å²) in [4.78, 5) is 40.0. The van der Waals surface area contributed by atoms with Gasteiger partial charge in [-0.1, -0.05) is 38.4 Å². The molecule has 1 saturated heterocycles. The van der Waals surface area contributed by atoms with Crippen molar-refractivity contribution in [2.45, 2.75) is 27.2 Å². The van der Waals surface area contributed by atoms with Crippen molar-refractivity contribution in [1.82, 2.24) is 15.1 Å². The third-order valence-corrected chi connectivity index (χ3v) is 4.53. The van der Waals surface area contributed by atoms with Crippen molar-refractivity contribution in [2.75, 3.05) is 32.7 Å². The monoisotopic (exact) mass is 379 g/mol. The van der Waals surface area contributed by atoms with E-state index in [1.807, 2.05) is 20.8 Å². The molecule has 2 rings (SSSR count). The zero-order valence-electron chi connectivity index (χ0n) is 15.5.